The van der Waals surface area contributed by atoms with Crippen LogP contribution in [0.4, 0.5) is 5.69 Å². The molecule has 1 aromatic rings. The molecule has 17 heavy (non-hydrogen) atoms. The number of rotatable bonds is 5. The molecule has 0 aliphatic rings. The second-order valence-electron chi connectivity index (χ2n) is 3.81. The smallest absolute Gasteiger partial charge is 0.337 e. The molecule has 1 unspecified atom stereocenters. The largest absolute Gasteiger partial charge is 0.497 e. The molecule has 0 heterocycles. The molecule has 94 valence electrons. The second-order valence-corrected chi connectivity index (χ2v) is 4.73. The fraction of sp³-hybridized carbons (Fsp3) is 0.364. The van der Waals surface area contributed by atoms with Crippen LogP contribution < -0.4 is 10.1 Å². The summed E-state index contributed by atoms with van der Waals surface area (Å²) in [5, 5.41) is 21.1. The van der Waals surface area contributed by atoms with Gasteiger partial charge in [-0.25, -0.2) is 4.79 Å². The Kier molecular flexibility index (Phi) is 4.36. The molecule has 0 fully saturated rings. The van der Waals surface area contributed by atoms with E-state index in [2.05, 4.69) is 21.2 Å². The van der Waals surface area contributed by atoms with Gasteiger partial charge in [0.1, 0.15) is 5.75 Å². The van der Waals surface area contributed by atoms with Gasteiger partial charge >= 0.3 is 5.97 Å². The quantitative estimate of drug-likeness (QED) is 0.772. The monoisotopic (exact) mass is 303 g/mol. The first-order valence-corrected chi connectivity index (χ1v) is 5.68. The van der Waals surface area contributed by atoms with Gasteiger partial charge in [0.15, 0.2) is 5.60 Å². The number of hydrogen-bond donors (Lipinski definition) is 3. The standard InChI is InChI=1S/C11H14BrNO4/c1-11(16,10(14)15)6-13-8-3-7(12)4-9(5-8)17-2/h3-5,13,16H,6H2,1-2H3,(H,14,15). The van der Waals surface area contributed by atoms with E-state index in [9.17, 15) is 9.90 Å². The minimum atomic E-state index is -1.81. The van der Waals surface area contributed by atoms with Crippen LogP contribution >= 0.6 is 15.9 Å². The molecule has 0 aliphatic heterocycles. The Labute approximate surface area is 108 Å². The van der Waals surface area contributed by atoms with Crippen molar-refractivity contribution in [2.45, 2.75) is 12.5 Å². The number of nitrogens with one attached hydrogen (secondary N) is 1. The summed E-state index contributed by atoms with van der Waals surface area (Å²) in [6.07, 6.45) is 0. The Morgan fingerprint density at radius 2 is 2.18 bits per heavy atom. The number of methoxy groups -OCH3 is 1. The van der Waals surface area contributed by atoms with E-state index in [1.165, 1.54) is 6.92 Å². The van der Waals surface area contributed by atoms with Crippen molar-refractivity contribution < 1.29 is 19.7 Å². The Balaban J connectivity index is 2.76. The third-order valence-electron chi connectivity index (χ3n) is 2.20. The highest BCUT2D eigenvalue weighted by molar-refractivity contribution is 9.10. The Hall–Kier alpha value is -1.27. The van der Waals surface area contributed by atoms with E-state index in [-0.39, 0.29) is 6.54 Å². The minimum Gasteiger partial charge on any atom is -0.497 e. The van der Waals surface area contributed by atoms with Crippen molar-refractivity contribution in [3.05, 3.63) is 22.7 Å². The van der Waals surface area contributed by atoms with E-state index in [1.807, 2.05) is 0 Å². The van der Waals surface area contributed by atoms with Crippen molar-refractivity contribution in [2.24, 2.45) is 0 Å². The predicted octanol–water partition coefficient (Wildman–Crippen LogP) is 1.71. The summed E-state index contributed by atoms with van der Waals surface area (Å²) in [7, 11) is 1.54. The summed E-state index contributed by atoms with van der Waals surface area (Å²) in [6, 6.07) is 5.25. The first-order valence-electron chi connectivity index (χ1n) is 4.89. The lowest BCUT2D eigenvalue weighted by molar-refractivity contribution is -0.155. The number of anilines is 1. The van der Waals surface area contributed by atoms with Crippen LogP contribution in [0.1, 0.15) is 6.92 Å². The molecule has 3 N–H and O–H groups in total. The van der Waals surface area contributed by atoms with Gasteiger partial charge < -0.3 is 20.3 Å². The van der Waals surface area contributed by atoms with Gasteiger partial charge in [0.05, 0.1) is 13.7 Å². The van der Waals surface area contributed by atoms with Crippen LogP contribution in [0.25, 0.3) is 0 Å². The highest BCUT2D eigenvalue weighted by Gasteiger charge is 2.29. The van der Waals surface area contributed by atoms with Gasteiger partial charge in [-0.05, 0) is 19.1 Å². The van der Waals surface area contributed by atoms with Gasteiger partial charge in [-0.3, -0.25) is 0 Å². The summed E-state index contributed by atoms with van der Waals surface area (Å²) >= 11 is 3.30. The fourth-order valence-electron chi connectivity index (χ4n) is 1.13. The van der Waals surface area contributed by atoms with Crippen molar-refractivity contribution in [1.29, 1.82) is 0 Å². The summed E-state index contributed by atoms with van der Waals surface area (Å²) in [5.41, 5.74) is -1.15. The van der Waals surface area contributed by atoms with Gasteiger partial charge in [-0.2, -0.15) is 0 Å². The predicted molar refractivity (Wildman–Crippen MR) is 67.4 cm³/mol. The minimum absolute atomic E-state index is 0.0953. The molecule has 0 aliphatic carbocycles. The summed E-state index contributed by atoms with van der Waals surface area (Å²) in [5.74, 6) is -0.635. The van der Waals surface area contributed by atoms with E-state index in [1.54, 1.807) is 25.3 Å². The van der Waals surface area contributed by atoms with Crippen LogP contribution in [0, 0.1) is 0 Å². The number of ether oxygens (including phenoxy) is 1. The molecule has 0 spiro atoms. The van der Waals surface area contributed by atoms with Crippen molar-refractivity contribution in [3.8, 4) is 5.75 Å². The molecule has 0 bridgehead atoms. The molecule has 0 amide bonds. The highest BCUT2D eigenvalue weighted by atomic mass is 79.9. The summed E-state index contributed by atoms with van der Waals surface area (Å²) in [4.78, 5) is 10.7. The van der Waals surface area contributed by atoms with E-state index < -0.39 is 11.6 Å². The van der Waals surface area contributed by atoms with Crippen LogP contribution in [0.3, 0.4) is 0 Å². The van der Waals surface area contributed by atoms with Crippen LogP contribution in [0.15, 0.2) is 22.7 Å². The number of halogens is 1. The number of aliphatic hydroxyl groups is 1. The van der Waals surface area contributed by atoms with Crippen LogP contribution in [-0.4, -0.2) is 35.4 Å². The van der Waals surface area contributed by atoms with Gasteiger partial charge in [0.2, 0.25) is 0 Å². The van der Waals surface area contributed by atoms with E-state index >= 15 is 0 Å². The molecular formula is C11H14BrNO4. The van der Waals surface area contributed by atoms with Gasteiger partial charge in [0, 0.05) is 16.2 Å². The number of carbonyl (C=O) groups is 1. The van der Waals surface area contributed by atoms with E-state index in [0.717, 1.165) is 4.47 Å². The van der Waals surface area contributed by atoms with Crippen LogP contribution in [0.5, 0.6) is 5.75 Å². The molecule has 5 nitrogen and oxygen atoms in total. The Morgan fingerprint density at radius 1 is 1.53 bits per heavy atom. The maximum atomic E-state index is 10.7. The molecule has 0 saturated heterocycles. The molecule has 1 rings (SSSR count). The molecule has 0 radical (unpaired) electrons. The van der Waals surface area contributed by atoms with Crippen LogP contribution in [-0.2, 0) is 4.79 Å². The van der Waals surface area contributed by atoms with Gasteiger partial charge in [-0.1, -0.05) is 15.9 Å². The lowest BCUT2D eigenvalue weighted by Gasteiger charge is -2.19. The van der Waals surface area contributed by atoms with Gasteiger partial charge in [-0.15, -0.1) is 0 Å². The third-order valence-corrected chi connectivity index (χ3v) is 2.66. The average Bonchev–Trinajstić information content (AvgIpc) is 2.25. The maximum absolute atomic E-state index is 10.7. The maximum Gasteiger partial charge on any atom is 0.337 e. The topological polar surface area (TPSA) is 78.8 Å². The van der Waals surface area contributed by atoms with Crippen LogP contribution in [0.2, 0.25) is 0 Å². The Bertz CT molecular complexity index is 420. The molecule has 1 aromatic carbocycles. The first kappa shape index (κ1) is 13.8. The van der Waals surface area contributed by atoms with Crippen molar-refractivity contribution in [2.75, 3.05) is 19.0 Å². The highest BCUT2D eigenvalue weighted by Crippen LogP contribution is 2.24. The molecule has 0 saturated carbocycles. The van der Waals surface area contributed by atoms with Gasteiger partial charge in [0.25, 0.3) is 0 Å². The van der Waals surface area contributed by atoms with Crippen molar-refractivity contribution in [3.63, 3.8) is 0 Å². The molecular weight excluding hydrogens is 290 g/mol. The number of aliphatic carboxylic acids is 1. The lowest BCUT2D eigenvalue weighted by Crippen LogP contribution is -2.41. The van der Waals surface area contributed by atoms with E-state index in [4.69, 9.17) is 9.84 Å². The molecule has 6 heteroatoms. The molecule has 0 aromatic heterocycles. The average molecular weight is 304 g/mol. The zero-order chi connectivity index (χ0) is 13.1. The first-order chi connectivity index (χ1) is 7.85. The summed E-state index contributed by atoms with van der Waals surface area (Å²) < 4.78 is 5.87. The fourth-order valence-corrected chi connectivity index (χ4v) is 1.60. The normalized spacial score (nSPS) is 13.9. The zero-order valence-corrected chi connectivity index (χ0v) is 11.1. The third kappa shape index (κ3) is 3.90. The lowest BCUT2D eigenvalue weighted by atomic mass is 10.1. The number of hydrogen-bond acceptors (Lipinski definition) is 4. The van der Waals surface area contributed by atoms with Crippen molar-refractivity contribution >= 4 is 27.6 Å². The number of carboxylic acids is 1. The molecule has 1 atom stereocenters. The number of benzene rings is 1. The SMILES string of the molecule is COc1cc(Br)cc(NCC(C)(O)C(=O)O)c1. The van der Waals surface area contributed by atoms with Crippen molar-refractivity contribution in [1.82, 2.24) is 0 Å². The Morgan fingerprint density at radius 3 is 2.71 bits per heavy atom. The van der Waals surface area contributed by atoms with E-state index in [0.29, 0.717) is 11.4 Å². The second kappa shape index (κ2) is 5.37. The zero-order valence-electron chi connectivity index (χ0n) is 9.53. The summed E-state index contributed by atoms with van der Waals surface area (Å²) in [6.45, 7) is 1.14. The number of carboxylic acid groups (broad SMARTS) is 1.